The van der Waals surface area contributed by atoms with Crippen LogP contribution in [0.3, 0.4) is 0 Å². The van der Waals surface area contributed by atoms with Gasteiger partial charge >= 0.3 is 6.03 Å². The number of rotatable bonds is 6. The lowest BCUT2D eigenvalue weighted by atomic mass is 10.1. The van der Waals surface area contributed by atoms with Crippen LogP contribution >= 0.6 is 0 Å². The minimum absolute atomic E-state index is 0.0732. The summed E-state index contributed by atoms with van der Waals surface area (Å²) < 4.78 is 29.0. The molecule has 6 atom stereocenters. The SMILES string of the molecule is CCOC1COCCC1NC(=O)N[C@H]1CO[C@H]2[C@@H]1OC[C@@H]2Oc1cccnc1C. The highest BCUT2D eigenvalue weighted by molar-refractivity contribution is 5.74. The van der Waals surface area contributed by atoms with Crippen molar-refractivity contribution >= 4 is 6.03 Å². The van der Waals surface area contributed by atoms with Gasteiger partial charge in [-0.05, 0) is 32.4 Å². The Morgan fingerprint density at radius 1 is 1.17 bits per heavy atom. The molecule has 3 saturated heterocycles. The Morgan fingerprint density at radius 2 is 2.00 bits per heavy atom. The molecule has 2 unspecified atom stereocenters. The number of hydrogen-bond acceptors (Lipinski definition) is 7. The third kappa shape index (κ3) is 4.63. The number of carbonyl (C=O) groups excluding carboxylic acids is 1. The fourth-order valence-corrected chi connectivity index (χ4v) is 4.08. The van der Waals surface area contributed by atoms with Gasteiger partial charge in [-0.2, -0.15) is 0 Å². The first-order chi connectivity index (χ1) is 14.2. The molecule has 2 amide bonds. The molecule has 0 saturated carbocycles. The van der Waals surface area contributed by atoms with Crippen molar-refractivity contribution in [1.82, 2.24) is 15.6 Å². The van der Waals surface area contributed by atoms with Crippen LogP contribution in [0.4, 0.5) is 4.79 Å². The molecular weight excluding hydrogens is 378 g/mol. The van der Waals surface area contributed by atoms with Crippen LogP contribution in [0.15, 0.2) is 18.3 Å². The molecule has 3 aliphatic heterocycles. The molecule has 4 heterocycles. The van der Waals surface area contributed by atoms with E-state index in [0.717, 1.165) is 17.9 Å². The van der Waals surface area contributed by atoms with Crippen LogP contribution in [-0.4, -0.2) is 80.5 Å². The van der Waals surface area contributed by atoms with E-state index in [0.29, 0.717) is 33.0 Å². The summed E-state index contributed by atoms with van der Waals surface area (Å²) in [6.45, 7) is 6.32. The number of nitrogens with zero attached hydrogens (tertiary/aromatic N) is 1. The maximum atomic E-state index is 12.6. The molecule has 0 aliphatic carbocycles. The first-order valence-corrected chi connectivity index (χ1v) is 10.2. The average Bonchev–Trinajstić information content (AvgIpc) is 3.29. The summed E-state index contributed by atoms with van der Waals surface area (Å²) in [6, 6.07) is 3.18. The Kier molecular flexibility index (Phi) is 6.49. The highest BCUT2D eigenvalue weighted by Crippen LogP contribution is 2.30. The summed E-state index contributed by atoms with van der Waals surface area (Å²) in [5, 5.41) is 6.01. The van der Waals surface area contributed by atoms with Gasteiger partial charge < -0.3 is 34.3 Å². The average molecular weight is 407 g/mol. The van der Waals surface area contributed by atoms with Crippen molar-refractivity contribution in [3.05, 3.63) is 24.0 Å². The van der Waals surface area contributed by atoms with E-state index < -0.39 is 0 Å². The van der Waals surface area contributed by atoms with Crippen molar-refractivity contribution < 1.29 is 28.5 Å². The highest BCUT2D eigenvalue weighted by atomic mass is 16.6. The molecule has 9 heteroatoms. The molecule has 0 spiro atoms. The monoisotopic (exact) mass is 407 g/mol. The molecule has 1 aromatic heterocycles. The molecule has 160 valence electrons. The van der Waals surface area contributed by atoms with Crippen molar-refractivity contribution in [2.45, 2.75) is 56.8 Å². The molecule has 9 nitrogen and oxygen atoms in total. The summed E-state index contributed by atoms with van der Waals surface area (Å²) in [5.41, 5.74) is 0.823. The number of amides is 2. The predicted molar refractivity (Wildman–Crippen MR) is 103 cm³/mol. The van der Waals surface area contributed by atoms with E-state index in [-0.39, 0.29) is 42.5 Å². The number of ether oxygens (including phenoxy) is 5. The van der Waals surface area contributed by atoms with E-state index in [4.69, 9.17) is 23.7 Å². The Balaban J connectivity index is 1.30. The van der Waals surface area contributed by atoms with E-state index >= 15 is 0 Å². The lowest BCUT2D eigenvalue weighted by Gasteiger charge is -2.32. The molecule has 29 heavy (non-hydrogen) atoms. The van der Waals surface area contributed by atoms with Crippen molar-refractivity contribution in [1.29, 1.82) is 0 Å². The third-order valence-electron chi connectivity index (χ3n) is 5.56. The molecule has 2 N–H and O–H groups in total. The maximum Gasteiger partial charge on any atom is 0.315 e. The Morgan fingerprint density at radius 3 is 2.83 bits per heavy atom. The molecule has 0 aromatic carbocycles. The van der Waals surface area contributed by atoms with E-state index in [9.17, 15) is 4.79 Å². The van der Waals surface area contributed by atoms with Gasteiger partial charge in [-0.15, -0.1) is 0 Å². The zero-order valence-corrected chi connectivity index (χ0v) is 16.8. The van der Waals surface area contributed by atoms with Crippen LogP contribution in [0.5, 0.6) is 5.75 Å². The molecular formula is C20H29N3O6. The van der Waals surface area contributed by atoms with E-state index in [1.165, 1.54) is 0 Å². The second-order valence-corrected chi connectivity index (χ2v) is 7.53. The van der Waals surface area contributed by atoms with Crippen molar-refractivity contribution in [3.8, 4) is 5.75 Å². The lowest BCUT2D eigenvalue weighted by molar-refractivity contribution is -0.0626. The van der Waals surface area contributed by atoms with Crippen LogP contribution in [0.25, 0.3) is 0 Å². The van der Waals surface area contributed by atoms with Crippen LogP contribution in [0.2, 0.25) is 0 Å². The number of hydrogen-bond donors (Lipinski definition) is 2. The first kappa shape index (κ1) is 20.3. The van der Waals surface area contributed by atoms with Crippen LogP contribution < -0.4 is 15.4 Å². The summed E-state index contributed by atoms with van der Waals surface area (Å²) >= 11 is 0. The summed E-state index contributed by atoms with van der Waals surface area (Å²) in [4.78, 5) is 16.8. The van der Waals surface area contributed by atoms with Crippen LogP contribution in [0, 0.1) is 6.92 Å². The predicted octanol–water partition coefficient (Wildman–Crippen LogP) is 0.797. The Labute approximate surface area is 170 Å². The van der Waals surface area contributed by atoms with Gasteiger partial charge in [0.05, 0.1) is 37.6 Å². The zero-order chi connectivity index (χ0) is 20.2. The zero-order valence-electron chi connectivity index (χ0n) is 16.8. The number of nitrogens with one attached hydrogen (secondary N) is 2. The minimum Gasteiger partial charge on any atom is -0.483 e. The second kappa shape index (κ2) is 9.25. The first-order valence-electron chi connectivity index (χ1n) is 10.2. The minimum atomic E-state index is -0.244. The van der Waals surface area contributed by atoms with E-state index in [1.807, 2.05) is 26.0 Å². The molecule has 3 aliphatic rings. The fraction of sp³-hybridized carbons (Fsp3) is 0.700. The van der Waals surface area contributed by atoms with Gasteiger partial charge in [0.25, 0.3) is 0 Å². The smallest absolute Gasteiger partial charge is 0.315 e. The number of pyridine rings is 1. The number of aryl methyl sites for hydroxylation is 1. The Hall–Kier alpha value is -1.94. The largest absolute Gasteiger partial charge is 0.483 e. The van der Waals surface area contributed by atoms with Crippen molar-refractivity contribution in [2.75, 3.05) is 33.0 Å². The van der Waals surface area contributed by atoms with Gasteiger partial charge in [0.15, 0.2) is 6.10 Å². The van der Waals surface area contributed by atoms with Gasteiger partial charge in [-0.3, -0.25) is 4.98 Å². The highest BCUT2D eigenvalue weighted by Gasteiger charge is 2.49. The molecule has 0 bridgehead atoms. The van der Waals surface area contributed by atoms with Gasteiger partial charge in [0.1, 0.15) is 24.1 Å². The van der Waals surface area contributed by atoms with E-state index in [2.05, 4.69) is 15.6 Å². The Bertz CT molecular complexity index is 703. The summed E-state index contributed by atoms with van der Waals surface area (Å²) in [7, 11) is 0. The van der Waals surface area contributed by atoms with Crippen LogP contribution in [0.1, 0.15) is 19.0 Å². The topological polar surface area (TPSA) is 100 Å². The molecule has 3 fully saturated rings. The molecule has 4 rings (SSSR count). The summed E-state index contributed by atoms with van der Waals surface area (Å²) in [6.07, 6.45) is 1.64. The van der Waals surface area contributed by atoms with Crippen molar-refractivity contribution in [2.24, 2.45) is 0 Å². The van der Waals surface area contributed by atoms with Gasteiger partial charge in [-0.25, -0.2) is 4.79 Å². The third-order valence-corrected chi connectivity index (χ3v) is 5.56. The number of aromatic nitrogens is 1. The van der Waals surface area contributed by atoms with Crippen molar-refractivity contribution in [3.63, 3.8) is 0 Å². The number of carbonyl (C=O) groups is 1. The van der Waals surface area contributed by atoms with Gasteiger partial charge in [0, 0.05) is 19.4 Å². The van der Waals surface area contributed by atoms with Crippen LogP contribution in [-0.2, 0) is 18.9 Å². The lowest BCUT2D eigenvalue weighted by Crippen LogP contribution is -2.55. The molecule has 1 aromatic rings. The summed E-state index contributed by atoms with van der Waals surface area (Å²) in [5.74, 6) is 0.723. The molecule has 0 radical (unpaired) electrons. The maximum absolute atomic E-state index is 12.6. The number of fused-ring (bicyclic) bond motifs is 1. The van der Waals surface area contributed by atoms with E-state index in [1.54, 1.807) is 6.20 Å². The van der Waals surface area contributed by atoms with Gasteiger partial charge in [0.2, 0.25) is 0 Å². The normalized spacial score (nSPS) is 33.9. The fourth-order valence-electron chi connectivity index (χ4n) is 4.08. The number of urea groups is 1. The standard InChI is InChI=1S/C20H29N3O6/c1-3-26-16-10-25-8-6-13(16)22-20(24)23-14-9-27-19-17(11-28-18(14)19)29-15-5-4-7-21-12(15)2/h4-5,7,13-14,16-19H,3,6,8-11H2,1-2H3,(H2,22,23,24)/t13?,14-,16?,17-,18+,19+/m0/s1. The quantitative estimate of drug-likeness (QED) is 0.719. The van der Waals surface area contributed by atoms with Gasteiger partial charge in [-0.1, -0.05) is 0 Å². The second-order valence-electron chi connectivity index (χ2n) is 7.53.